The van der Waals surface area contributed by atoms with Gasteiger partial charge in [-0.2, -0.15) is 5.10 Å². The molecule has 0 radical (unpaired) electrons. The Morgan fingerprint density at radius 3 is 2.29 bits per heavy atom. The minimum atomic E-state index is -0.741. The molecule has 4 aromatic rings. The second kappa shape index (κ2) is 9.51. The molecule has 34 heavy (non-hydrogen) atoms. The van der Waals surface area contributed by atoms with Crippen LogP contribution in [-0.4, -0.2) is 32.8 Å². The third-order valence-electron chi connectivity index (χ3n) is 6.71. The van der Waals surface area contributed by atoms with Crippen LogP contribution >= 0.6 is 0 Å². The molecule has 1 fully saturated rings. The van der Waals surface area contributed by atoms with Crippen LogP contribution in [0.25, 0.3) is 22.0 Å². The summed E-state index contributed by atoms with van der Waals surface area (Å²) in [6.07, 6.45) is 4.36. The lowest BCUT2D eigenvalue weighted by Crippen LogP contribution is -2.38. The summed E-state index contributed by atoms with van der Waals surface area (Å²) in [5.41, 5.74) is 4.84. The van der Waals surface area contributed by atoms with E-state index in [9.17, 15) is 14.7 Å². The Balaban J connectivity index is 1.34. The summed E-state index contributed by atoms with van der Waals surface area (Å²) in [6.45, 7) is 0.562. The molecule has 1 heterocycles. The van der Waals surface area contributed by atoms with Gasteiger partial charge in [0.2, 0.25) is 0 Å². The van der Waals surface area contributed by atoms with Gasteiger partial charge >= 0.3 is 5.97 Å². The first-order chi connectivity index (χ1) is 16.6. The molecule has 6 nitrogen and oxygen atoms in total. The van der Waals surface area contributed by atoms with Gasteiger partial charge in [0, 0.05) is 11.4 Å². The highest BCUT2D eigenvalue weighted by molar-refractivity contribution is 6.05. The summed E-state index contributed by atoms with van der Waals surface area (Å²) in [6, 6.07) is 24.3. The normalized spacial score (nSPS) is 18.0. The van der Waals surface area contributed by atoms with Crippen molar-refractivity contribution in [2.45, 2.75) is 38.3 Å². The second-order valence-electron chi connectivity index (χ2n) is 8.97. The number of carbonyl (C=O) groups excluding carboxylic acids is 1. The molecule has 2 N–H and O–H groups in total. The quantitative estimate of drug-likeness (QED) is 0.424. The third kappa shape index (κ3) is 4.57. The minimum absolute atomic E-state index is 0.000239. The van der Waals surface area contributed by atoms with Gasteiger partial charge in [-0.15, -0.1) is 0 Å². The van der Waals surface area contributed by atoms with Gasteiger partial charge in [0.05, 0.1) is 29.7 Å². The van der Waals surface area contributed by atoms with Crippen LogP contribution in [0.5, 0.6) is 0 Å². The maximum Gasteiger partial charge on any atom is 0.306 e. The molecular formula is C28H27N3O3. The highest BCUT2D eigenvalue weighted by Gasteiger charge is 2.27. The zero-order valence-corrected chi connectivity index (χ0v) is 18.9. The van der Waals surface area contributed by atoms with Crippen molar-refractivity contribution in [1.82, 2.24) is 15.1 Å². The zero-order chi connectivity index (χ0) is 23.5. The highest BCUT2D eigenvalue weighted by Crippen LogP contribution is 2.26. The van der Waals surface area contributed by atoms with E-state index in [0.717, 1.165) is 22.0 Å². The van der Waals surface area contributed by atoms with Crippen LogP contribution in [0.4, 0.5) is 0 Å². The van der Waals surface area contributed by atoms with Crippen molar-refractivity contribution in [2.24, 2.45) is 5.92 Å². The van der Waals surface area contributed by atoms with Crippen molar-refractivity contribution in [1.29, 1.82) is 0 Å². The van der Waals surface area contributed by atoms with Crippen LogP contribution in [-0.2, 0) is 11.3 Å². The maximum absolute atomic E-state index is 13.2. The standard InChI is InChI=1S/C28H27N3O3/c32-27(30-24-15-13-22(14-16-24)28(33)34)25-8-4-7-23-17-29-31(26(23)25)18-19-9-11-21(12-10-19)20-5-2-1-3-6-20/h1-12,17,22,24H,13-16,18H2,(H,30,32)(H,33,34). The Morgan fingerprint density at radius 2 is 1.59 bits per heavy atom. The number of nitrogens with one attached hydrogen (secondary N) is 1. The predicted octanol–water partition coefficient (Wildman–Crippen LogP) is 5.12. The zero-order valence-electron chi connectivity index (χ0n) is 18.9. The van der Waals surface area contributed by atoms with Gasteiger partial charge < -0.3 is 10.4 Å². The molecule has 172 valence electrons. The average Bonchev–Trinajstić information content (AvgIpc) is 3.28. The molecule has 0 unspecified atom stereocenters. The van der Waals surface area contributed by atoms with Crippen molar-refractivity contribution in [3.63, 3.8) is 0 Å². The molecule has 3 aromatic carbocycles. The SMILES string of the molecule is O=C(NC1CCC(C(=O)O)CC1)c1cccc2cnn(Cc3ccc(-c4ccccc4)cc3)c12. The van der Waals surface area contributed by atoms with Crippen LogP contribution < -0.4 is 5.32 Å². The number of carbonyl (C=O) groups is 2. The number of nitrogens with zero attached hydrogens (tertiary/aromatic N) is 2. The topological polar surface area (TPSA) is 84.2 Å². The number of carboxylic acid groups (broad SMARTS) is 1. The molecule has 0 saturated heterocycles. The van der Waals surface area contributed by atoms with Crippen molar-refractivity contribution >= 4 is 22.8 Å². The van der Waals surface area contributed by atoms with Crippen LogP contribution in [0, 0.1) is 5.92 Å². The molecule has 6 heteroatoms. The van der Waals surface area contributed by atoms with Crippen molar-refractivity contribution in [3.8, 4) is 11.1 Å². The Kier molecular flexibility index (Phi) is 6.12. The van der Waals surface area contributed by atoms with Crippen LogP contribution in [0.3, 0.4) is 0 Å². The predicted molar refractivity (Wildman–Crippen MR) is 132 cm³/mol. The van der Waals surface area contributed by atoms with Gasteiger partial charge in [0.15, 0.2) is 0 Å². The molecule has 1 aromatic heterocycles. The molecule has 0 bridgehead atoms. The van der Waals surface area contributed by atoms with Gasteiger partial charge in [0.1, 0.15) is 0 Å². The molecule has 0 spiro atoms. The Hall–Kier alpha value is -3.93. The fourth-order valence-electron chi connectivity index (χ4n) is 4.80. The Labute approximate surface area is 198 Å². The van der Waals surface area contributed by atoms with Gasteiger partial charge in [-0.05, 0) is 48.4 Å². The van der Waals surface area contributed by atoms with Crippen molar-refractivity contribution < 1.29 is 14.7 Å². The smallest absolute Gasteiger partial charge is 0.306 e. The molecule has 0 atom stereocenters. The number of rotatable bonds is 6. The summed E-state index contributed by atoms with van der Waals surface area (Å²) in [5.74, 6) is -1.17. The lowest BCUT2D eigenvalue weighted by atomic mass is 9.86. The molecule has 1 aliphatic carbocycles. The number of aromatic nitrogens is 2. The number of para-hydroxylation sites is 1. The monoisotopic (exact) mass is 453 g/mol. The summed E-state index contributed by atoms with van der Waals surface area (Å²) >= 11 is 0. The molecular weight excluding hydrogens is 426 g/mol. The number of benzene rings is 3. The fourth-order valence-corrected chi connectivity index (χ4v) is 4.80. The van der Waals surface area contributed by atoms with Gasteiger partial charge in [-0.25, -0.2) is 0 Å². The highest BCUT2D eigenvalue weighted by atomic mass is 16.4. The summed E-state index contributed by atoms with van der Waals surface area (Å²) < 4.78 is 1.88. The van der Waals surface area contributed by atoms with E-state index >= 15 is 0 Å². The number of hydrogen-bond donors (Lipinski definition) is 2. The van der Waals surface area contributed by atoms with Gasteiger partial charge in [-0.1, -0.05) is 66.7 Å². The van der Waals surface area contributed by atoms with E-state index in [1.54, 1.807) is 6.20 Å². The minimum Gasteiger partial charge on any atom is -0.481 e. The third-order valence-corrected chi connectivity index (χ3v) is 6.71. The first kappa shape index (κ1) is 21.9. The van der Waals surface area contributed by atoms with Crippen LogP contribution in [0.2, 0.25) is 0 Å². The Morgan fingerprint density at radius 1 is 0.882 bits per heavy atom. The number of amides is 1. The molecule has 1 saturated carbocycles. The number of carboxylic acids is 1. The van der Waals surface area contributed by atoms with E-state index in [1.165, 1.54) is 5.56 Å². The molecule has 1 amide bonds. The van der Waals surface area contributed by atoms with E-state index in [2.05, 4.69) is 46.8 Å². The first-order valence-electron chi connectivity index (χ1n) is 11.7. The van der Waals surface area contributed by atoms with Gasteiger partial charge in [-0.3, -0.25) is 14.3 Å². The van der Waals surface area contributed by atoms with Crippen LogP contribution in [0.1, 0.15) is 41.6 Å². The van der Waals surface area contributed by atoms with Crippen molar-refractivity contribution in [3.05, 3.63) is 90.1 Å². The summed E-state index contributed by atoms with van der Waals surface area (Å²) in [5, 5.41) is 17.8. The largest absolute Gasteiger partial charge is 0.481 e. The maximum atomic E-state index is 13.2. The van der Waals surface area contributed by atoms with E-state index in [0.29, 0.717) is 37.8 Å². The van der Waals surface area contributed by atoms with E-state index < -0.39 is 5.97 Å². The van der Waals surface area contributed by atoms with Crippen LogP contribution in [0.15, 0.2) is 79.0 Å². The summed E-state index contributed by atoms with van der Waals surface area (Å²) in [4.78, 5) is 24.4. The molecule has 1 aliphatic rings. The Bertz CT molecular complexity index is 1300. The summed E-state index contributed by atoms with van der Waals surface area (Å²) in [7, 11) is 0. The van der Waals surface area contributed by atoms with Crippen molar-refractivity contribution in [2.75, 3.05) is 0 Å². The first-order valence-corrected chi connectivity index (χ1v) is 11.7. The van der Waals surface area contributed by atoms with E-state index in [4.69, 9.17) is 0 Å². The molecule has 0 aliphatic heterocycles. The van der Waals surface area contributed by atoms with E-state index in [1.807, 2.05) is 41.1 Å². The fraction of sp³-hybridized carbons (Fsp3) is 0.250. The lowest BCUT2D eigenvalue weighted by molar-refractivity contribution is -0.142. The molecule has 5 rings (SSSR count). The number of fused-ring (bicyclic) bond motifs is 1. The van der Waals surface area contributed by atoms with E-state index in [-0.39, 0.29) is 17.9 Å². The van der Waals surface area contributed by atoms with Gasteiger partial charge in [0.25, 0.3) is 5.91 Å². The average molecular weight is 454 g/mol. The second-order valence-corrected chi connectivity index (χ2v) is 8.97. The number of aliphatic carboxylic acids is 1. The lowest BCUT2D eigenvalue weighted by Gasteiger charge is -2.27. The number of hydrogen-bond acceptors (Lipinski definition) is 3.